The minimum absolute atomic E-state index is 0.0791. The van der Waals surface area contributed by atoms with Crippen molar-refractivity contribution in [1.29, 1.82) is 0 Å². The quantitative estimate of drug-likeness (QED) is 0.830. The summed E-state index contributed by atoms with van der Waals surface area (Å²) in [7, 11) is 0. The smallest absolute Gasteiger partial charge is 0.227 e. The van der Waals surface area contributed by atoms with Gasteiger partial charge in [0, 0.05) is 30.2 Å². The Morgan fingerprint density at radius 1 is 1.36 bits per heavy atom. The second-order valence-corrected chi connectivity index (χ2v) is 6.03. The molecule has 1 aromatic rings. The number of β-amino-alcohol motifs (C(OH)–C–C–N with tert-alkyl or cyclic N) is 1. The van der Waals surface area contributed by atoms with Crippen LogP contribution in [-0.4, -0.2) is 54.4 Å². The Balaban J connectivity index is 1.71. The highest BCUT2D eigenvalue weighted by Gasteiger charge is 2.28. The monoisotopic (exact) mass is 326 g/mol. The molecule has 0 unspecified atom stereocenters. The number of benzene rings is 1. The predicted octanol–water partition coefficient (Wildman–Crippen LogP) is 0.574. The summed E-state index contributed by atoms with van der Waals surface area (Å²) in [4.78, 5) is 14.0. The van der Waals surface area contributed by atoms with Gasteiger partial charge in [0.1, 0.15) is 13.2 Å². The van der Waals surface area contributed by atoms with E-state index in [4.69, 9.17) is 26.8 Å². The number of aliphatic hydroxyl groups is 1. The lowest BCUT2D eigenvalue weighted by atomic mass is 10.0. The van der Waals surface area contributed by atoms with E-state index in [2.05, 4.69) is 0 Å². The molecule has 0 saturated carbocycles. The number of carbonyl (C=O) groups excluding carboxylic acids is 1. The van der Waals surface area contributed by atoms with Crippen LogP contribution in [0.4, 0.5) is 0 Å². The van der Waals surface area contributed by atoms with Crippen LogP contribution >= 0.6 is 11.6 Å². The topological polar surface area (TPSA) is 85.0 Å². The first-order valence-corrected chi connectivity index (χ1v) is 7.72. The summed E-state index contributed by atoms with van der Waals surface area (Å²) in [5.74, 6) is 1.13. The molecule has 0 aromatic heterocycles. The molecule has 0 bridgehead atoms. The van der Waals surface area contributed by atoms with Crippen molar-refractivity contribution in [3.63, 3.8) is 0 Å². The number of likely N-dealkylation sites (tertiary alicyclic amines) is 1. The van der Waals surface area contributed by atoms with Gasteiger partial charge in [-0.25, -0.2) is 0 Å². The average molecular weight is 327 g/mol. The van der Waals surface area contributed by atoms with Gasteiger partial charge in [-0.1, -0.05) is 11.6 Å². The third kappa shape index (κ3) is 3.14. The Hall–Kier alpha value is -1.50. The highest BCUT2D eigenvalue weighted by molar-refractivity contribution is 6.31. The number of fused-ring (bicyclic) bond motifs is 1. The molecule has 22 heavy (non-hydrogen) atoms. The summed E-state index contributed by atoms with van der Waals surface area (Å²) in [6.07, 6.45) is 0.0904. The van der Waals surface area contributed by atoms with Crippen molar-refractivity contribution in [2.45, 2.75) is 25.0 Å². The third-order valence-corrected chi connectivity index (χ3v) is 4.39. The lowest BCUT2D eigenvalue weighted by Crippen LogP contribution is -2.52. The van der Waals surface area contributed by atoms with Gasteiger partial charge in [0.05, 0.1) is 12.5 Å². The number of piperidine rings is 1. The molecule has 120 valence electrons. The molecule has 3 rings (SSSR count). The first kappa shape index (κ1) is 15.4. The maximum Gasteiger partial charge on any atom is 0.227 e. The van der Waals surface area contributed by atoms with Gasteiger partial charge in [-0.05, 0) is 18.1 Å². The molecule has 1 amide bonds. The fourth-order valence-electron chi connectivity index (χ4n) is 2.69. The van der Waals surface area contributed by atoms with Gasteiger partial charge < -0.3 is 25.2 Å². The predicted molar refractivity (Wildman–Crippen MR) is 81.3 cm³/mol. The number of hydrogen-bond acceptors (Lipinski definition) is 5. The van der Waals surface area contributed by atoms with Crippen molar-refractivity contribution in [3.8, 4) is 11.5 Å². The zero-order valence-corrected chi connectivity index (χ0v) is 12.9. The fourth-order valence-corrected chi connectivity index (χ4v) is 2.91. The molecule has 2 atom stereocenters. The number of rotatable bonds is 2. The van der Waals surface area contributed by atoms with Gasteiger partial charge in [0.2, 0.25) is 5.91 Å². The van der Waals surface area contributed by atoms with Crippen molar-refractivity contribution in [2.24, 2.45) is 5.73 Å². The summed E-state index contributed by atoms with van der Waals surface area (Å²) in [5.41, 5.74) is 6.45. The van der Waals surface area contributed by atoms with Crippen molar-refractivity contribution < 1.29 is 19.4 Å². The van der Waals surface area contributed by atoms with E-state index in [-0.39, 0.29) is 24.9 Å². The number of nitrogens with two attached hydrogens (primary N) is 1. The highest BCUT2D eigenvalue weighted by atomic mass is 35.5. The average Bonchev–Trinajstić information content (AvgIpc) is 2.50. The number of nitrogens with zero attached hydrogens (tertiary/aromatic N) is 1. The van der Waals surface area contributed by atoms with Crippen molar-refractivity contribution >= 4 is 17.5 Å². The molecule has 2 aliphatic heterocycles. The number of amides is 1. The van der Waals surface area contributed by atoms with Gasteiger partial charge in [-0.2, -0.15) is 0 Å². The normalized spacial score (nSPS) is 24.2. The van der Waals surface area contributed by atoms with Gasteiger partial charge in [0.15, 0.2) is 11.5 Å². The molecule has 7 heteroatoms. The lowest BCUT2D eigenvalue weighted by molar-refractivity contribution is -0.133. The Kier molecular flexibility index (Phi) is 4.42. The molecule has 1 fully saturated rings. The molecule has 1 saturated heterocycles. The largest absolute Gasteiger partial charge is 0.486 e. The van der Waals surface area contributed by atoms with E-state index in [1.807, 2.05) is 0 Å². The molecule has 0 aliphatic carbocycles. The summed E-state index contributed by atoms with van der Waals surface area (Å²) >= 11 is 6.22. The van der Waals surface area contributed by atoms with Crippen LogP contribution in [0.25, 0.3) is 0 Å². The van der Waals surface area contributed by atoms with Gasteiger partial charge in [0.25, 0.3) is 0 Å². The van der Waals surface area contributed by atoms with E-state index in [1.54, 1.807) is 17.0 Å². The molecular weight excluding hydrogens is 308 g/mol. The molecule has 3 N–H and O–H groups in total. The minimum atomic E-state index is -0.673. The lowest BCUT2D eigenvalue weighted by Gasteiger charge is -2.34. The standard InChI is InChI=1S/C15H19ClN2O4/c16-10-7-14-13(21-3-4-22-14)5-9(10)6-15(20)18-2-1-11(17)12(19)8-18/h5,7,11-12,19H,1-4,6,8,17H2/t11-,12-/m1/s1. The molecule has 1 aromatic carbocycles. The van der Waals surface area contributed by atoms with E-state index < -0.39 is 6.10 Å². The number of hydrogen-bond donors (Lipinski definition) is 2. The van der Waals surface area contributed by atoms with E-state index in [1.165, 1.54) is 0 Å². The van der Waals surface area contributed by atoms with E-state index >= 15 is 0 Å². The molecule has 6 nitrogen and oxygen atoms in total. The van der Waals surface area contributed by atoms with Crippen LogP contribution in [0.15, 0.2) is 12.1 Å². The fraction of sp³-hybridized carbons (Fsp3) is 0.533. The second kappa shape index (κ2) is 6.32. The summed E-state index contributed by atoms with van der Waals surface area (Å²) < 4.78 is 11.0. The second-order valence-electron chi connectivity index (χ2n) is 5.62. The number of carbonyl (C=O) groups is 1. The minimum Gasteiger partial charge on any atom is -0.486 e. The zero-order chi connectivity index (χ0) is 15.7. The Labute approximate surface area is 133 Å². The zero-order valence-electron chi connectivity index (χ0n) is 12.1. The Morgan fingerprint density at radius 3 is 2.73 bits per heavy atom. The van der Waals surface area contributed by atoms with E-state index in [0.29, 0.717) is 48.3 Å². The molecule has 2 heterocycles. The van der Waals surface area contributed by atoms with Gasteiger partial charge >= 0.3 is 0 Å². The number of halogens is 1. The first-order valence-electron chi connectivity index (χ1n) is 7.34. The van der Waals surface area contributed by atoms with E-state index in [9.17, 15) is 9.90 Å². The van der Waals surface area contributed by atoms with Crippen LogP contribution in [0, 0.1) is 0 Å². The SMILES string of the molecule is N[C@@H]1CCN(C(=O)Cc2cc3c(cc2Cl)OCCO3)C[C@H]1O. The maximum absolute atomic E-state index is 12.4. The van der Waals surface area contributed by atoms with Crippen LogP contribution in [-0.2, 0) is 11.2 Å². The molecule has 2 aliphatic rings. The molecule has 0 spiro atoms. The van der Waals surface area contributed by atoms with Crippen LogP contribution in [0.1, 0.15) is 12.0 Å². The Bertz CT molecular complexity index is 581. The van der Waals surface area contributed by atoms with Crippen molar-refractivity contribution in [2.75, 3.05) is 26.3 Å². The van der Waals surface area contributed by atoms with Crippen LogP contribution in [0.3, 0.4) is 0 Å². The van der Waals surface area contributed by atoms with Crippen molar-refractivity contribution in [3.05, 3.63) is 22.7 Å². The summed E-state index contributed by atoms with van der Waals surface area (Å²) in [6, 6.07) is 3.17. The maximum atomic E-state index is 12.4. The van der Waals surface area contributed by atoms with Crippen LogP contribution in [0.2, 0.25) is 5.02 Å². The molecular formula is C15H19ClN2O4. The number of aliphatic hydroxyl groups excluding tert-OH is 1. The highest BCUT2D eigenvalue weighted by Crippen LogP contribution is 2.35. The third-order valence-electron chi connectivity index (χ3n) is 4.04. The summed E-state index contributed by atoms with van der Waals surface area (Å²) in [6.45, 7) is 1.80. The van der Waals surface area contributed by atoms with Crippen LogP contribution < -0.4 is 15.2 Å². The number of ether oxygens (including phenoxy) is 2. The van der Waals surface area contributed by atoms with E-state index in [0.717, 1.165) is 0 Å². The van der Waals surface area contributed by atoms with Gasteiger partial charge in [-0.15, -0.1) is 0 Å². The Morgan fingerprint density at radius 2 is 2.05 bits per heavy atom. The van der Waals surface area contributed by atoms with Crippen LogP contribution in [0.5, 0.6) is 11.5 Å². The summed E-state index contributed by atoms with van der Waals surface area (Å²) in [5, 5.41) is 10.3. The molecule has 0 radical (unpaired) electrons. The van der Waals surface area contributed by atoms with Gasteiger partial charge in [-0.3, -0.25) is 4.79 Å². The van der Waals surface area contributed by atoms with Crippen molar-refractivity contribution in [1.82, 2.24) is 4.90 Å². The first-order chi connectivity index (χ1) is 10.5.